The van der Waals surface area contributed by atoms with Gasteiger partial charge in [0, 0.05) is 36.7 Å². The first-order chi connectivity index (χ1) is 9.93. The topological polar surface area (TPSA) is 34.1 Å². The number of rotatable bonds is 5. The average Bonchev–Trinajstić information content (AvgIpc) is 2.43. The number of nitrogens with zero attached hydrogens (tertiary/aromatic N) is 1. The maximum Gasteiger partial charge on any atom is 0.149 e. The lowest BCUT2D eigenvalue weighted by atomic mass is 9.89. The molecule has 0 aliphatic heterocycles. The summed E-state index contributed by atoms with van der Waals surface area (Å²) in [5.74, 6) is -0.267. The molecule has 0 unspecified atom stereocenters. The van der Waals surface area contributed by atoms with Gasteiger partial charge in [-0.3, -0.25) is 0 Å². The summed E-state index contributed by atoms with van der Waals surface area (Å²) in [6.45, 7) is 8.36. The minimum atomic E-state index is -0.267. The number of aromatic nitrogens is 1. The van der Waals surface area contributed by atoms with Crippen LogP contribution in [-0.4, -0.2) is 25.2 Å². The highest BCUT2D eigenvalue weighted by Gasteiger charge is 2.18. The molecule has 1 N–H and O–H groups in total. The van der Waals surface area contributed by atoms with Crippen LogP contribution in [0.15, 0.2) is 24.3 Å². The van der Waals surface area contributed by atoms with Crippen molar-refractivity contribution in [2.24, 2.45) is 0 Å². The molecular weight excluding hydrogens is 267 g/mol. The lowest BCUT2D eigenvalue weighted by Crippen LogP contribution is -2.20. The first-order valence-electron chi connectivity index (χ1n) is 7.22. The van der Waals surface area contributed by atoms with Crippen LogP contribution in [0.5, 0.6) is 0 Å². The van der Waals surface area contributed by atoms with Gasteiger partial charge in [0.05, 0.1) is 6.61 Å². The quantitative estimate of drug-likeness (QED) is 0.857. The third-order valence-electron chi connectivity index (χ3n) is 3.44. The normalized spacial score (nSPS) is 12.0. The molecule has 0 atom stereocenters. The van der Waals surface area contributed by atoms with E-state index in [1.54, 1.807) is 13.2 Å². The summed E-state index contributed by atoms with van der Waals surface area (Å²) in [4.78, 5) is 4.52. The van der Waals surface area contributed by atoms with Crippen LogP contribution in [0.4, 0.5) is 4.39 Å². The number of methoxy groups -OCH3 is 1. The third kappa shape index (κ3) is 3.77. The van der Waals surface area contributed by atoms with Crippen LogP contribution in [0.25, 0.3) is 10.9 Å². The van der Waals surface area contributed by atoms with E-state index in [1.807, 2.05) is 6.07 Å². The fraction of sp³-hybridized carbons (Fsp3) is 0.471. The number of nitrogens with one attached hydrogen (secondary N) is 1. The highest BCUT2D eigenvalue weighted by atomic mass is 19.1. The van der Waals surface area contributed by atoms with Gasteiger partial charge in [-0.25, -0.2) is 9.37 Å². The fourth-order valence-corrected chi connectivity index (χ4v) is 2.21. The van der Waals surface area contributed by atoms with Gasteiger partial charge in [-0.2, -0.15) is 0 Å². The van der Waals surface area contributed by atoms with Gasteiger partial charge in [0.25, 0.3) is 0 Å². The van der Waals surface area contributed by atoms with Gasteiger partial charge in [0.15, 0.2) is 0 Å². The molecule has 2 rings (SSSR count). The summed E-state index contributed by atoms with van der Waals surface area (Å²) >= 11 is 0. The minimum Gasteiger partial charge on any atom is -0.383 e. The van der Waals surface area contributed by atoms with Crippen molar-refractivity contribution in [2.45, 2.75) is 32.7 Å². The molecule has 3 nitrogen and oxygen atoms in total. The van der Waals surface area contributed by atoms with E-state index >= 15 is 0 Å². The first kappa shape index (κ1) is 15.9. The van der Waals surface area contributed by atoms with E-state index in [2.05, 4.69) is 37.1 Å². The Balaban J connectivity index is 2.43. The van der Waals surface area contributed by atoms with Crippen LogP contribution in [0.3, 0.4) is 0 Å². The molecule has 0 radical (unpaired) electrons. The monoisotopic (exact) mass is 290 g/mol. The van der Waals surface area contributed by atoms with E-state index in [1.165, 1.54) is 6.07 Å². The van der Waals surface area contributed by atoms with Crippen molar-refractivity contribution < 1.29 is 9.13 Å². The predicted octanol–water partition coefficient (Wildman–Crippen LogP) is 3.41. The van der Waals surface area contributed by atoms with Gasteiger partial charge >= 0.3 is 0 Å². The number of hydrogen-bond donors (Lipinski definition) is 1. The minimum absolute atomic E-state index is 0.113. The zero-order valence-corrected chi connectivity index (χ0v) is 13.2. The Morgan fingerprint density at radius 3 is 2.71 bits per heavy atom. The smallest absolute Gasteiger partial charge is 0.149 e. The molecule has 1 aromatic carbocycles. The van der Waals surface area contributed by atoms with Gasteiger partial charge in [-0.1, -0.05) is 32.9 Å². The van der Waals surface area contributed by atoms with E-state index in [-0.39, 0.29) is 11.2 Å². The molecule has 1 aromatic heterocycles. The van der Waals surface area contributed by atoms with Crippen molar-refractivity contribution in [3.63, 3.8) is 0 Å². The van der Waals surface area contributed by atoms with Crippen molar-refractivity contribution in [1.29, 1.82) is 0 Å². The molecule has 4 heteroatoms. The molecule has 0 bridgehead atoms. The number of benzene rings is 1. The number of halogens is 1. The Bertz CT molecular complexity index is 620. The maximum atomic E-state index is 14.1. The Morgan fingerprint density at radius 2 is 2.05 bits per heavy atom. The zero-order chi connectivity index (χ0) is 15.5. The van der Waals surface area contributed by atoms with E-state index in [9.17, 15) is 4.39 Å². The standard InChI is InChI=1S/C17H23FN2O/c1-17(2,3)15-10-12(11-19-8-9-21-4)13-6-5-7-14(18)16(13)20-15/h5-7,10,19H,8-9,11H2,1-4H3. The molecule has 1 heterocycles. The van der Waals surface area contributed by atoms with E-state index in [4.69, 9.17) is 4.74 Å². The van der Waals surface area contributed by atoms with Crippen LogP contribution in [0.2, 0.25) is 0 Å². The highest BCUT2D eigenvalue weighted by molar-refractivity contribution is 5.83. The summed E-state index contributed by atoms with van der Waals surface area (Å²) in [5.41, 5.74) is 2.32. The molecule has 114 valence electrons. The van der Waals surface area contributed by atoms with Crippen molar-refractivity contribution >= 4 is 10.9 Å². The lowest BCUT2D eigenvalue weighted by Gasteiger charge is -2.20. The number of ether oxygens (including phenoxy) is 1. The first-order valence-corrected chi connectivity index (χ1v) is 7.22. The molecule has 2 aromatic rings. The Morgan fingerprint density at radius 1 is 1.29 bits per heavy atom. The molecular formula is C17H23FN2O. The Kier molecular flexibility index (Phi) is 4.91. The summed E-state index contributed by atoms with van der Waals surface area (Å²) < 4.78 is 19.1. The molecule has 0 saturated carbocycles. The van der Waals surface area contributed by atoms with Crippen LogP contribution in [0.1, 0.15) is 32.0 Å². The van der Waals surface area contributed by atoms with Gasteiger partial charge in [-0.15, -0.1) is 0 Å². The summed E-state index contributed by atoms with van der Waals surface area (Å²) in [7, 11) is 1.68. The second kappa shape index (κ2) is 6.50. The van der Waals surface area contributed by atoms with E-state index < -0.39 is 0 Å². The predicted molar refractivity (Wildman–Crippen MR) is 84.0 cm³/mol. The number of hydrogen-bond acceptors (Lipinski definition) is 3. The molecule has 0 aliphatic carbocycles. The second-order valence-corrected chi connectivity index (χ2v) is 6.22. The molecule has 0 spiro atoms. The Hall–Kier alpha value is -1.52. The molecule has 0 amide bonds. The SMILES string of the molecule is COCCNCc1cc(C(C)(C)C)nc2c(F)cccc12. The van der Waals surface area contributed by atoms with Crippen molar-refractivity contribution in [1.82, 2.24) is 10.3 Å². The lowest BCUT2D eigenvalue weighted by molar-refractivity contribution is 0.199. The van der Waals surface area contributed by atoms with Crippen LogP contribution in [0, 0.1) is 5.82 Å². The Labute approximate surface area is 125 Å². The van der Waals surface area contributed by atoms with E-state index in [0.717, 1.165) is 23.2 Å². The van der Waals surface area contributed by atoms with Gasteiger partial charge in [0.2, 0.25) is 0 Å². The van der Waals surface area contributed by atoms with Gasteiger partial charge in [-0.05, 0) is 17.7 Å². The van der Waals surface area contributed by atoms with Crippen LogP contribution >= 0.6 is 0 Å². The molecule has 21 heavy (non-hydrogen) atoms. The summed E-state index contributed by atoms with van der Waals surface area (Å²) in [6.07, 6.45) is 0. The largest absolute Gasteiger partial charge is 0.383 e. The van der Waals surface area contributed by atoms with E-state index in [0.29, 0.717) is 18.7 Å². The van der Waals surface area contributed by atoms with Crippen LogP contribution in [-0.2, 0) is 16.7 Å². The number of para-hydroxylation sites is 1. The summed E-state index contributed by atoms with van der Waals surface area (Å²) in [6, 6.07) is 7.19. The highest BCUT2D eigenvalue weighted by Crippen LogP contribution is 2.27. The van der Waals surface area contributed by atoms with Crippen LogP contribution < -0.4 is 5.32 Å². The zero-order valence-electron chi connectivity index (χ0n) is 13.2. The van der Waals surface area contributed by atoms with Gasteiger partial charge in [0.1, 0.15) is 11.3 Å². The molecule has 0 fully saturated rings. The third-order valence-corrected chi connectivity index (χ3v) is 3.44. The number of pyridine rings is 1. The molecule has 0 aliphatic rings. The second-order valence-electron chi connectivity index (χ2n) is 6.22. The average molecular weight is 290 g/mol. The number of fused-ring (bicyclic) bond motifs is 1. The van der Waals surface area contributed by atoms with Crippen molar-refractivity contribution in [3.8, 4) is 0 Å². The summed E-state index contributed by atoms with van der Waals surface area (Å²) in [5, 5.41) is 4.19. The fourth-order valence-electron chi connectivity index (χ4n) is 2.21. The van der Waals surface area contributed by atoms with Crippen molar-refractivity contribution in [2.75, 3.05) is 20.3 Å². The van der Waals surface area contributed by atoms with Crippen molar-refractivity contribution in [3.05, 3.63) is 41.3 Å². The maximum absolute atomic E-state index is 14.1. The molecule has 0 saturated heterocycles. The van der Waals surface area contributed by atoms with Gasteiger partial charge < -0.3 is 10.1 Å².